The number of nitrogens with zero attached hydrogens (tertiary/aromatic N) is 3. The highest BCUT2D eigenvalue weighted by molar-refractivity contribution is 7.99. The number of imide groups is 1. The van der Waals surface area contributed by atoms with Crippen LogP contribution in [-0.4, -0.2) is 39.0 Å². The summed E-state index contributed by atoms with van der Waals surface area (Å²) >= 11 is 1.27. The molecular weight excluding hydrogens is 386 g/mol. The number of hydrogen-bond donors (Lipinski definition) is 2. The Hall–Kier alpha value is -2.61. The first-order valence-electron chi connectivity index (χ1n) is 9.94. The topological polar surface area (TPSA) is 88.9 Å². The summed E-state index contributed by atoms with van der Waals surface area (Å²) < 4.78 is 1.96. The Morgan fingerprint density at radius 3 is 2.76 bits per heavy atom. The average molecular weight is 414 g/mol. The van der Waals surface area contributed by atoms with Gasteiger partial charge < -0.3 is 9.88 Å². The molecule has 0 saturated carbocycles. The van der Waals surface area contributed by atoms with Gasteiger partial charge in [0.2, 0.25) is 5.91 Å². The molecule has 3 amide bonds. The molecule has 0 aliphatic heterocycles. The van der Waals surface area contributed by atoms with E-state index in [1.165, 1.54) is 30.2 Å². The van der Waals surface area contributed by atoms with Crippen LogP contribution < -0.4 is 10.6 Å². The van der Waals surface area contributed by atoms with E-state index >= 15 is 0 Å². The van der Waals surface area contributed by atoms with Crippen LogP contribution in [0, 0.1) is 6.92 Å². The van der Waals surface area contributed by atoms with Gasteiger partial charge >= 0.3 is 6.03 Å². The van der Waals surface area contributed by atoms with Crippen molar-refractivity contribution < 1.29 is 9.59 Å². The molecule has 2 aromatic rings. The molecule has 154 valence electrons. The number of rotatable bonds is 8. The van der Waals surface area contributed by atoms with Crippen molar-refractivity contribution in [1.82, 2.24) is 25.4 Å². The average Bonchev–Trinajstić information content (AvgIpc) is 3.07. The molecule has 7 nitrogen and oxygen atoms in total. The smallest absolute Gasteiger partial charge is 0.321 e. The third kappa shape index (κ3) is 6.74. The molecule has 1 aromatic heterocycles. The van der Waals surface area contributed by atoms with Crippen LogP contribution in [0.25, 0.3) is 0 Å². The van der Waals surface area contributed by atoms with Crippen LogP contribution in [0.1, 0.15) is 43.5 Å². The van der Waals surface area contributed by atoms with Gasteiger partial charge in [0, 0.05) is 6.54 Å². The molecule has 29 heavy (non-hydrogen) atoms. The molecule has 1 aliphatic rings. The maximum absolute atomic E-state index is 12.1. The lowest BCUT2D eigenvalue weighted by atomic mass is 9.97. The number of benzene rings is 1. The zero-order valence-electron chi connectivity index (χ0n) is 16.7. The summed E-state index contributed by atoms with van der Waals surface area (Å²) in [4.78, 5) is 24.0. The van der Waals surface area contributed by atoms with Crippen LogP contribution in [0.4, 0.5) is 4.79 Å². The van der Waals surface area contributed by atoms with Crippen molar-refractivity contribution in [1.29, 1.82) is 0 Å². The van der Waals surface area contributed by atoms with Crippen LogP contribution in [0.5, 0.6) is 0 Å². The van der Waals surface area contributed by atoms with E-state index < -0.39 is 6.03 Å². The van der Waals surface area contributed by atoms with Crippen molar-refractivity contribution >= 4 is 23.7 Å². The van der Waals surface area contributed by atoms with E-state index in [0.717, 1.165) is 30.7 Å². The highest BCUT2D eigenvalue weighted by atomic mass is 32.2. The largest absolute Gasteiger partial charge is 0.337 e. The summed E-state index contributed by atoms with van der Waals surface area (Å²) in [5.41, 5.74) is 2.53. The van der Waals surface area contributed by atoms with Gasteiger partial charge in [-0.05, 0) is 44.6 Å². The second-order valence-electron chi connectivity index (χ2n) is 7.05. The highest BCUT2D eigenvalue weighted by Crippen LogP contribution is 2.19. The van der Waals surface area contributed by atoms with Gasteiger partial charge in [-0.2, -0.15) is 0 Å². The van der Waals surface area contributed by atoms with E-state index in [1.807, 2.05) is 41.8 Å². The SMILES string of the molecule is Cc1nnc(SCC(=O)NC(=O)NCCC2=CCCCC2)n1Cc1ccccc1. The van der Waals surface area contributed by atoms with E-state index in [2.05, 4.69) is 26.9 Å². The third-order valence-corrected chi connectivity index (χ3v) is 5.75. The minimum atomic E-state index is -0.450. The number of urea groups is 1. The van der Waals surface area contributed by atoms with Crippen LogP contribution in [0.2, 0.25) is 0 Å². The van der Waals surface area contributed by atoms with Gasteiger partial charge in [0.1, 0.15) is 5.82 Å². The van der Waals surface area contributed by atoms with Crippen molar-refractivity contribution in [3.8, 4) is 0 Å². The molecule has 0 radical (unpaired) electrons. The fourth-order valence-corrected chi connectivity index (χ4v) is 4.01. The van der Waals surface area contributed by atoms with Gasteiger partial charge in [-0.15, -0.1) is 10.2 Å². The number of thioether (sulfide) groups is 1. The number of carbonyl (C=O) groups is 2. The Morgan fingerprint density at radius 1 is 1.17 bits per heavy atom. The predicted molar refractivity (Wildman–Crippen MR) is 114 cm³/mol. The first-order valence-corrected chi connectivity index (χ1v) is 10.9. The van der Waals surface area contributed by atoms with E-state index in [-0.39, 0.29) is 11.7 Å². The van der Waals surface area contributed by atoms with Crippen LogP contribution in [-0.2, 0) is 11.3 Å². The minimum absolute atomic E-state index is 0.103. The van der Waals surface area contributed by atoms with Crippen molar-refractivity contribution in [2.45, 2.75) is 50.7 Å². The second kappa shape index (κ2) is 10.8. The standard InChI is InChI=1S/C21H27N5O2S/c1-16-24-25-21(26(16)14-18-10-6-3-7-11-18)29-15-19(27)23-20(28)22-13-12-17-8-4-2-5-9-17/h3,6-8,10-11H,2,4-5,9,12-15H2,1H3,(H2,22,23,27,28). The molecule has 0 unspecified atom stereocenters. The van der Waals surface area contributed by atoms with Gasteiger partial charge in [0.25, 0.3) is 0 Å². The third-order valence-electron chi connectivity index (χ3n) is 4.79. The normalized spacial score (nSPS) is 13.6. The first-order chi connectivity index (χ1) is 14.1. The maximum Gasteiger partial charge on any atom is 0.321 e. The van der Waals surface area contributed by atoms with Crippen molar-refractivity contribution in [2.24, 2.45) is 0 Å². The van der Waals surface area contributed by atoms with Gasteiger partial charge in [-0.3, -0.25) is 10.1 Å². The van der Waals surface area contributed by atoms with E-state index in [4.69, 9.17) is 0 Å². The Labute approximate surface area is 175 Å². The molecule has 1 aliphatic carbocycles. The number of nitrogens with one attached hydrogen (secondary N) is 2. The molecule has 2 N–H and O–H groups in total. The van der Waals surface area contributed by atoms with Crippen molar-refractivity contribution in [3.63, 3.8) is 0 Å². The molecule has 3 rings (SSSR count). The van der Waals surface area contributed by atoms with Crippen molar-refractivity contribution in [3.05, 3.63) is 53.4 Å². The lowest BCUT2D eigenvalue weighted by Gasteiger charge is -2.13. The van der Waals surface area contributed by atoms with Gasteiger partial charge in [-0.1, -0.05) is 53.7 Å². The van der Waals surface area contributed by atoms with Gasteiger partial charge in [-0.25, -0.2) is 4.79 Å². The Morgan fingerprint density at radius 2 is 2.00 bits per heavy atom. The van der Waals surface area contributed by atoms with Gasteiger partial charge in [0.15, 0.2) is 5.16 Å². The molecule has 8 heteroatoms. The molecule has 1 aromatic carbocycles. The Balaban J connectivity index is 1.42. The second-order valence-corrected chi connectivity index (χ2v) is 7.99. The van der Waals surface area contributed by atoms with Crippen LogP contribution >= 0.6 is 11.8 Å². The molecule has 0 fully saturated rings. The molecule has 1 heterocycles. The summed E-state index contributed by atoms with van der Waals surface area (Å²) in [6, 6.07) is 9.56. The summed E-state index contributed by atoms with van der Waals surface area (Å²) in [6.45, 7) is 3.07. The Bertz CT molecular complexity index is 863. The lowest BCUT2D eigenvalue weighted by molar-refractivity contribution is -0.117. The van der Waals surface area contributed by atoms with Gasteiger partial charge in [0.05, 0.1) is 12.3 Å². The lowest BCUT2D eigenvalue weighted by Crippen LogP contribution is -2.40. The monoisotopic (exact) mass is 413 g/mol. The Kier molecular flexibility index (Phi) is 7.86. The number of amides is 3. The van der Waals surface area contributed by atoms with Crippen LogP contribution in [0.15, 0.2) is 47.1 Å². The fraction of sp³-hybridized carbons (Fsp3) is 0.429. The predicted octanol–water partition coefficient (Wildman–Crippen LogP) is 3.44. The van der Waals surface area contributed by atoms with Crippen LogP contribution in [0.3, 0.4) is 0 Å². The first kappa shape index (κ1) is 21.1. The number of aromatic nitrogens is 3. The quantitative estimate of drug-likeness (QED) is 0.511. The molecule has 0 bridgehead atoms. The van der Waals surface area contributed by atoms with E-state index in [9.17, 15) is 9.59 Å². The molecule has 0 atom stereocenters. The van der Waals surface area contributed by atoms with E-state index in [1.54, 1.807) is 0 Å². The number of carbonyl (C=O) groups excluding carboxylic acids is 2. The summed E-state index contributed by atoms with van der Waals surface area (Å²) in [5.74, 6) is 0.536. The summed E-state index contributed by atoms with van der Waals surface area (Å²) in [7, 11) is 0. The zero-order chi connectivity index (χ0) is 20.5. The molecular formula is C21H27N5O2S. The number of hydrogen-bond acceptors (Lipinski definition) is 5. The minimum Gasteiger partial charge on any atom is -0.337 e. The molecule has 0 spiro atoms. The number of allylic oxidation sites excluding steroid dienone is 1. The number of aryl methyl sites for hydroxylation is 1. The maximum atomic E-state index is 12.1. The zero-order valence-corrected chi connectivity index (χ0v) is 17.5. The molecule has 0 saturated heterocycles. The summed E-state index contributed by atoms with van der Waals surface area (Å²) in [6.07, 6.45) is 7.83. The van der Waals surface area contributed by atoms with Crippen molar-refractivity contribution in [2.75, 3.05) is 12.3 Å². The van der Waals surface area contributed by atoms with E-state index in [0.29, 0.717) is 18.2 Å². The summed E-state index contributed by atoms with van der Waals surface area (Å²) in [5, 5.41) is 14.1. The fourth-order valence-electron chi connectivity index (χ4n) is 3.22. The highest BCUT2D eigenvalue weighted by Gasteiger charge is 2.14.